The molecule has 22 heavy (non-hydrogen) atoms. The van der Waals surface area contributed by atoms with Gasteiger partial charge in [0.1, 0.15) is 5.75 Å². The molecule has 0 aromatic carbocycles. The van der Waals surface area contributed by atoms with E-state index in [1.165, 1.54) is 19.3 Å². The molecular weight excluding hydrogens is 278 g/mol. The summed E-state index contributed by atoms with van der Waals surface area (Å²) in [7, 11) is 0. The Labute approximate surface area is 131 Å². The van der Waals surface area contributed by atoms with Crippen molar-refractivity contribution in [1.29, 1.82) is 0 Å². The first-order valence-corrected chi connectivity index (χ1v) is 8.33. The van der Waals surface area contributed by atoms with Crippen LogP contribution in [0.1, 0.15) is 25.7 Å². The van der Waals surface area contributed by atoms with Crippen molar-refractivity contribution >= 4 is 5.91 Å². The van der Waals surface area contributed by atoms with Gasteiger partial charge in [0.25, 0.3) is 0 Å². The lowest BCUT2D eigenvalue weighted by atomic mass is 9.77. The number of likely N-dealkylation sites (tertiary alicyclic amines) is 1. The van der Waals surface area contributed by atoms with Crippen LogP contribution in [0.15, 0.2) is 24.5 Å². The third-order valence-electron chi connectivity index (χ3n) is 5.75. The number of aromatic nitrogens is 1. The molecule has 3 aliphatic rings. The number of hydrogen-bond donors (Lipinski definition) is 1. The van der Waals surface area contributed by atoms with E-state index in [4.69, 9.17) is 4.74 Å². The van der Waals surface area contributed by atoms with Crippen LogP contribution in [-0.4, -0.2) is 48.1 Å². The van der Waals surface area contributed by atoms with Crippen molar-refractivity contribution in [2.75, 3.05) is 26.2 Å². The Morgan fingerprint density at radius 1 is 1.45 bits per heavy atom. The zero-order valence-electron chi connectivity index (χ0n) is 12.8. The number of ether oxygens (including phenoxy) is 1. The van der Waals surface area contributed by atoms with Gasteiger partial charge in [-0.1, -0.05) is 6.42 Å². The molecule has 1 aromatic rings. The fraction of sp³-hybridized carbons (Fsp3) is 0.647. The SMILES string of the molecule is O=C1NC[C@@H](COc2cccnc2)[C@@]12CCN(C1CCC1)C2. The Bertz CT molecular complexity index is 546. The third kappa shape index (κ3) is 2.28. The minimum absolute atomic E-state index is 0.231. The van der Waals surface area contributed by atoms with Gasteiger partial charge in [-0.3, -0.25) is 14.7 Å². The lowest BCUT2D eigenvalue weighted by Crippen LogP contribution is -2.44. The van der Waals surface area contributed by atoms with E-state index in [0.717, 1.165) is 31.8 Å². The third-order valence-corrected chi connectivity index (χ3v) is 5.75. The van der Waals surface area contributed by atoms with E-state index in [-0.39, 0.29) is 17.2 Å². The van der Waals surface area contributed by atoms with Crippen LogP contribution in [0.2, 0.25) is 0 Å². The molecule has 1 aliphatic carbocycles. The first-order chi connectivity index (χ1) is 10.8. The molecule has 2 saturated heterocycles. The summed E-state index contributed by atoms with van der Waals surface area (Å²) in [4.78, 5) is 19.1. The lowest BCUT2D eigenvalue weighted by Gasteiger charge is -2.36. The van der Waals surface area contributed by atoms with Gasteiger partial charge in [0.15, 0.2) is 0 Å². The van der Waals surface area contributed by atoms with Gasteiger partial charge in [0.2, 0.25) is 5.91 Å². The molecular formula is C17H23N3O2. The minimum atomic E-state index is -0.238. The van der Waals surface area contributed by atoms with Crippen molar-refractivity contribution in [3.05, 3.63) is 24.5 Å². The standard InChI is InChI=1S/C17H23N3O2/c21-16-17(6-8-20(12-17)14-3-1-4-14)13(9-19-16)11-22-15-5-2-7-18-10-15/h2,5,7,10,13-14H,1,3-4,6,8-9,11-12H2,(H,19,21)/t13-,17-/m0/s1. The minimum Gasteiger partial charge on any atom is -0.492 e. The van der Waals surface area contributed by atoms with Crippen LogP contribution in [0.4, 0.5) is 0 Å². The molecule has 0 radical (unpaired) electrons. The summed E-state index contributed by atoms with van der Waals surface area (Å²) in [6.07, 6.45) is 8.38. The summed E-state index contributed by atoms with van der Waals surface area (Å²) >= 11 is 0. The quantitative estimate of drug-likeness (QED) is 0.914. The second kappa shape index (κ2) is 5.54. The molecule has 0 bridgehead atoms. The molecule has 2 aliphatic heterocycles. The highest BCUT2D eigenvalue weighted by Crippen LogP contribution is 2.44. The molecule has 3 heterocycles. The first-order valence-electron chi connectivity index (χ1n) is 8.33. The van der Waals surface area contributed by atoms with E-state index < -0.39 is 0 Å². The first kappa shape index (κ1) is 14.0. The molecule has 1 aromatic heterocycles. The van der Waals surface area contributed by atoms with Crippen LogP contribution < -0.4 is 10.1 Å². The smallest absolute Gasteiger partial charge is 0.228 e. The van der Waals surface area contributed by atoms with Gasteiger partial charge in [-0.25, -0.2) is 0 Å². The fourth-order valence-corrected chi connectivity index (χ4v) is 4.07. The molecule has 118 valence electrons. The predicted molar refractivity (Wildman–Crippen MR) is 82.5 cm³/mol. The number of rotatable bonds is 4. The van der Waals surface area contributed by atoms with Crippen molar-refractivity contribution in [3.63, 3.8) is 0 Å². The average Bonchev–Trinajstić information content (AvgIpc) is 3.04. The molecule has 1 N–H and O–H groups in total. The maximum atomic E-state index is 12.5. The predicted octanol–water partition coefficient (Wildman–Crippen LogP) is 1.45. The monoisotopic (exact) mass is 301 g/mol. The number of nitrogens with one attached hydrogen (secondary N) is 1. The normalized spacial score (nSPS) is 32.2. The summed E-state index contributed by atoms with van der Waals surface area (Å²) in [5.41, 5.74) is -0.238. The number of nitrogens with zero attached hydrogens (tertiary/aromatic N) is 2. The Balaban J connectivity index is 1.44. The molecule has 0 unspecified atom stereocenters. The Morgan fingerprint density at radius 3 is 3.09 bits per heavy atom. The molecule has 1 spiro atoms. The zero-order valence-corrected chi connectivity index (χ0v) is 12.8. The van der Waals surface area contributed by atoms with Crippen molar-refractivity contribution < 1.29 is 9.53 Å². The zero-order chi connectivity index (χ0) is 15.0. The molecule has 4 rings (SSSR count). The molecule has 3 fully saturated rings. The highest BCUT2D eigenvalue weighted by Gasteiger charge is 2.55. The van der Waals surface area contributed by atoms with Crippen LogP contribution >= 0.6 is 0 Å². The number of hydrogen-bond acceptors (Lipinski definition) is 4. The largest absolute Gasteiger partial charge is 0.492 e. The van der Waals surface area contributed by atoms with Gasteiger partial charge in [0, 0.05) is 31.2 Å². The summed E-state index contributed by atoms with van der Waals surface area (Å²) in [5.74, 6) is 1.27. The van der Waals surface area contributed by atoms with Crippen LogP contribution in [-0.2, 0) is 4.79 Å². The van der Waals surface area contributed by atoms with Crippen LogP contribution in [0.3, 0.4) is 0 Å². The molecule has 5 heteroatoms. The van der Waals surface area contributed by atoms with Crippen LogP contribution in [0, 0.1) is 11.3 Å². The van der Waals surface area contributed by atoms with E-state index in [1.807, 2.05) is 12.1 Å². The van der Waals surface area contributed by atoms with Crippen molar-refractivity contribution in [2.45, 2.75) is 31.7 Å². The van der Waals surface area contributed by atoms with E-state index >= 15 is 0 Å². The Morgan fingerprint density at radius 2 is 2.36 bits per heavy atom. The van der Waals surface area contributed by atoms with Gasteiger partial charge in [0.05, 0.1) is 18.2 Å². The Hall–Kier alpha value is -1.62. The van der Waals surface area contributed by atoms with E-state index in [0.29, 0.717) is 12.6 Å². The van der Waals surface area contributed by atoms with E-state index in [9.17, 15) is 4.79 Å². The molecule has 1 amide bonds. The van der Waals surface area contributed by atoms with Crippen molar-refractivity contribution in [2.24, 2.45) is 11.3 Å². The molecule has 1 saturated carbocycles. The Kier molecular flexibility index (Phi) is 3.53. The highest BCUT2D eigenvalue weighted by atomic mass is 16.5. The summed E-state index contributed by atoms with van der Waals surface area (Å²) in [5, 5.41) is 3.07. The maximum Gasteiger partial charge on any atom is 0.228 e. The summed E-state index contributed by atoms with van der Waals surface area (Å²) in [6, 6.07) is 4.50. The van der Waals surface area contributed by atoms with E-state index in [2.05, 4.69) is 15.2 Å². The van der Waals surface area contributed by atoms with Crippen LogP contribution in [0.5, 0.6) is 5.75 Å². The summed E-state index contributed by atoms with van der Waals surface area (Å²) < 4.78 is 5.89. The maximum absolute atomic E-state index is 12.5. The number of carbonyl (C=O) groups is 1. The summed E-state index contributed by atoms with van der Waals surface area (Å²) in [6.45, 7) is 3.28. The number of carbonyl (C=O) groups excluding carboxylic acids is 1. The highest BCUT2D eigenvalue weighted by molar-refractivity contribution is 5.86. The number of pyridine rings is 1. The second-order valence-corrected chi connectivity index (χ2v) is 6.87. The molecule has 5 nitrogen and oxygen atoms in total. The topological polar surface area (TPSA) is 54.5 Å². The van der Waals surface area contributed by atoms with Gasteiger partial charge < -0.3 is 10.1 Å². The fourth-order valence-electron chi connectivity index (χ4n) is 4.07. The van der Waals surface area contributed by atoms with Crippen LogP contribution in [0.25, 0.3) is 0 Å². The van der Waals surface area contributed by atoms with Gasteiger partial charge >= 0.3 is 0 Å². The average molecular weight is 301 g/mol. The second-order valence-electron chi connectivity index (χ2n) is 6.87. The van der Waals surface area contributed by atoms with E-state index in [1.54, 1.807) is 12.4 Å². The number of amides is 1. The van der Waals surface area contributed by atoms with Gasteiger partial charge in [-0.05, 0) is 37.9 Å². The lowest BCUT2D eigenvalue weighted by molar-refractivity contribution is -0.128. The van der Waals surface area contributed by atoms with Gasteiger partial charge in [-0.15, -0.1) is 0 Å². The van der Waals surface area contributed by atoms with Gasteiger partial charge in [-0.2, -0.15) is 0 Å². The van der Waals surface area contributed by atoms with Crippen molar-refractivity contribution in [3.8, 4) is 5.75 Å². The molecule has 2 atom stereocenters. The van der Waals surface area contributed by atoms with Crippen molar-refractivity contribution in [1.82, 2.24) is 15.2 Å².